The van der Waals surface area contributed by atoms with Crippen molar-refractivity contribution in [3.05, 3.63) is 42.6 Å². The smallest absolute Gasteiger partial charge is 0.420 e. The van der Waals surface area contributed by atoms with Crippen LogP contribution in [-0.4, -0.2) is 43.2 Å². The average molecular weight is 329 g/mol. The quantitative estimate of drug-likeness (QED) is 0.799. The van der Waals surface area contributed by atoms with Crippen LogP contribution in [0.15, 0.2) is 52.4 Å². The molecule has 0 aliphatic carbocycles. The van der Waals surface area contributed by atoms with Gasteiger partial charge in [0.1, 0.15) is 0 Å². The molecule has 1 aromatic heterocycles. The molecule has 1 aliphatic rings. The van der Waals surface area contributed by atoms with Crippen LogP contribution in [0.4, 0.5) is 16.3 Å². The normalized spacial score (nSPS) is 12.7. The third-order valence-electron chi connectivity index (χ3n) is 3.45. The van der Waals surface area contributed by atoms with E-state index in [-0.39, 0.29) is 6.09 Å². The Labute approximate surface area is 140 Å². The first-order valence-electron chi connectivity index (χ1n) is 7.50. The lowest BCUT2D eigenvalue weighted by Gasteiger charge is -2.29. The van der Waals surface area contributed by atoms with Gasteiger partial charge in [-0.15, -0.1) is 0 Å². The molecule has 2 aromatic rings. The maximum absolute atomic E-state index is 12.6. The number of ether oxygens (including phenoxy) is 1. The topological polar surface area (TPSA) is 45.7 Å². The van der Waals surface area contributed by atoms with Crippen LogP contribution >= 0.6 is 11.8 Å². The predicted octanol–water partition coefficient (Wildman–Crippen LogP) is 3.77. The first kappa shape index (κ1) is 15.8. The molecule has 0 bridgehead atoms. The third-order valence-corrected chi connectivity index (χ3v) is 4.55. The Morgan fingerprint density at radius 2 is 2.00 bits per heavy atom. The Morgan fingerprint density at radius 1 is 1.22 bits per heavy atom. The van der Waals surface area contributed by atoms with Crippen molar-refractivity contribution >= 4 is 29.4 Å². The molecule has 6 heteroatoms. The average Bonchev–Trinajstić information content (AvgIpc) is 2.56. The second-order valence-electron chi connectivity index (χ2n) is 5.50. The molecule has 120 valence electrons. The number of fused-ring (bicyclic) bond motifs is 2. The minimum atomic E-state index is -0.378. The number of carbonyl (C=O) groups excluding carboxylic acids is 1. The van der Waals surface area contributed by atoms with Gasteiger partial charge < -0.3 is 9.64 Å². The second kappa shape index (κ2) is 7.02. The molecule has 1 aromatic carbocycles. The van der Waals surface area contributed by atoms with Gasteiger partial charge in [0.2, 0.25) is 0 Å². The zero-order valence-electron chi connectivity index (χ0n) is 13.2. The largest absolute Gasteiger partial charge is 0.449 e. The zero-order valence-corrected chi connectivity index (χ0v) is 14.0. The molecule has 1 amide bonds. The van der Waals surface area contributed by atoms with Crippen LogP contribution in [-0.2, 0) is 4.74 Å². The summed E-state index contributed by atoms with van der Waals surface area (Å²) >= 11 is 1.62. The number of para-hydroxylation sites is 1. The Kier molecular flexibility index (Phi) is 4.83. The number of hydrogen-bond donors (Lipinski definition) is 0. The van der Waals surface area contributed by atoms with Crippen molar-refractivity contribution in [2.24, 2.45) is 0 Å². The minimum Gasteiger partial charge on any atom is -0.449 e. The van der Waals surface area contributed by atoms with Crippen LogP contribution in [0, 0.1) is 0 Å². The summed E-state index contributed by atoms with van der Waals surface area (Å²) in [5.41, 5.74) is 0.821. The van der Waals surface area contributed by atoms with Gasteiger partial charge in [-0.2, -0.15) is 0 Å². The SMILES string of the molecule is CN(C)CCCOC(=O)N1c2ccccc2Sc2cccnc21. The maximum atomic E-state index is 12.6. The third kappa shape index (κ3) is 3.48. The van der Waals surface area contributed by atoms with Crippen molar-refractivity contribution in [2.75, 3.05) is 32.1 Å². The molecule has 2 heterocycles. The van der Waals surface area contributed by atoms with Crippen LogP contribution in [0.2, 0.25) is 0 Å². The van der Waals surface area contributed by atoms with E-state index in [1.807, 2.05) is 50.5 Å². The number of pyridine rings is 1. The molecule has 0 N–H and O–H groups in total. The van der Waals surface area contributed by atoms with Crippen molar-refractivity contribution in [2.45, 2.75) is 16.2 Å². The summed E-state index contributed by atoms with van der Waals surface area (Å²) in [6.07, 6.45) is 2.12. The lowest BCUT2D eigenvalue weighted by atomic mass is 10.2. The summed E-state index contributed by atoms with van der Waals surface area (Å²) in [5, 5.41) is 0. The molecule has 5 nitrogen and oxygen atoms in total. The fourth-order valence-electron chi connectivity index (χ4n) is 2.38. The Bertz CT molecular complexity index is 660. The highest BCUT2D eigenvalue weighted by molar-refractivity contribution is 7.99. The van der Waals surface area contributed by atoms with Crippen molar-refractivity contribution in [3.8, 4) is 0 Å². The van der Waals surface area contributed by atoms with E-state index in [1.165, 1.54) is 0 Å². The fraction of sp³-hybridized carbons (Fsp3) is 0.294. The van der Waals surface area contributed by atoms with Crippen LogP contribution in [0.3, 0.4) is 0 Å². The van der Waals surface area contributed by atoms with Gasteiger partial charge in [0.25, 0.3) is 0 Å². The van der Waals surface area contributed by atoms with E-state index in [1.54, 1.807) is 22.9 Å². The highest BCUT2D eigenvalue weighted by Crippen LogP contribution is 2.46. The highest BCUT2D eigenvalue weighted by Gasteiger charge is 2.30. The molecule has 0 radical (unpaired) electrons. The van der Waals surface area contributed by atoms with E-state index >= 15 is 0 Å². The van der Waals surface area contributed by atoms with Gasteiger partial charge in [0, 0.05) is 17.6 Å². The number of carbonyl (C=O) groups is 1. The van der Waals surface area contributed by atoms with Gasteiger partial charge >= 0.3 is 6.09 Å². The van der Waals surface area contributed by atoms with Gasteiger partial charge in [0.05, 0.1) is 17.2 Å². The summed E-state index contributed by atoms with van der Waals surface area (Å²) in [4.78, 5) is 22.6. The van der Waals surface area contributed by atoms with E-state index < -0.39 is 0 Å². The van der Waals surface area contributed by atoms with E-state index in [2.05, 4.69) is 9.88 Å². The molecule has 0 atom stereocenters. The van der Waals surface area contributed by atoms with Crippen LogP contribution in [0.5, 0.6) is 0 Å². The number of hydrogen-bond acceptors (Lipinski definition) is 5. The Balaban J connectivity index is 1.82. The number of nitrogens with zero attached hydrogens (tertiary/aromatic N) is 3. The molecule has 3 rings (SSSR count). The minimum absolute atomic E-state index is 0.378. The Morgan fingerprint density at radius 3 is 2.83 bits per heavy atom. The van der Waals surface area contributed by atoms with Gasteiger partial charge in [-0.1, -0.05) is 23.9 Å². The summed E-state index contributed by atoms with van der Waals surface area (Å²) < 4.78 is 5.46. The monoisotopic (exact) mass is 329 g/mol. The zero-order chi connectivity index (χ0) is 16.2. The number of anilines is 2. The predicted molar refractivity (Wildman–Crippen MR) is 91.5 cm³/mol. The molecule has 0 spiro atoms. The fourth-order valence-corrected chi connectivity index (χ4v) is 3.41. The lowest BCUT2D eigenvalue weighted by Crippen LogP contribution is -2.30. The molecule has 0 fully saturated rings. The number of benzene rings is 1. The van der Waals surface area contributed by atoms with Crippen LogP contribution < -0.4 is 4.90 Å². The summed E-state index contributed by atoms with van der Waals surface area (Å²) in [6.45, 7) is 1.28. The van der Waals surface area contributed by atoms with E-state index in [9.17, 15) is 4.79 Å². The second-order valence-corrected chi connectivity index (χ2v) is 6.59. The lowest BCUT2D eigenvalue weighted by molar-refractivity contribution is 0.151. The van der Waals surface area contributed by atoms with E-state index in [0.717, 1.165) is 28.4 Å². The van der Waals surface area contributed by atoms with Crippen molar-refractivity contribution in [1.82, 2.24) is 9.88 Å². The highest BCUT2D eigenvalue weighted by atomic mass is 32.2. The molecular formula is C17H19N3O2S. The first-order chi connectivity index (χ1) is 11.2. The molecular weight excluding hydrogens is 310 g/mol. The molecule has 0 unspecified atom stereocenters. The molecule has 0 saturated heterocycles. The number of aromatic nitrogens is 1. The Hall–Kier alpha value is -2.05. The summed E-state index contributed by atoms with van der Waals surface area (Å²) in [5.74, 6) is 0.633. The number of amides is 1. The summed E-state index contributed by atoms with van der Waals surface area (Å²) in [6, 6.07) is 11.6. The van der Waals surface area contributed by atoms with E-state index in [0.29, 0.717) is 12.4 Å². The molecule has 1 aliphatic heterocycles. The number of rotatable bonds is 4. The van der Waals surface area contributed by atoms with Crippen molar-refractivity contribution in [3.63, 3.8) is 0 Å². The summed E-state index contributed by atoms with van der Waals surface area (Å²) in [7, 11) is 4.00. The van der Waals surface area contributed by atoms with Crippen molar-refractivity contribution < 1.29 is 9.53 Å². The van der Waals surface area contributed by atoms with Gasteiger partial charge in [-0.3, -0.25) is 0 Å². The maximum Gasteiger partial charge on any atom is 0.420 e. The molecule has 23 heavy (non-hydrogen) atoms. The van der Waals surface area contributed by atoms with Crippen LogP contribution in [0.25, 0.3) is 0 Å². The van der Waals surface area contributed by atoms with Gasteiger partial charge in [0.15, 0.2) is 5.82 Å². The first-order valence-corrected chi connectivity index (χ1v) is 8.32. The standard InChI is InChI=1S/C17H19N3O2S/c1-19(2)11-6-12-22-17(21)20-13-7-3-4-8-14(13)23-15-9-5-10-18-16(15)20/h3-5,7-10H,6,11-12H2,1-2H3. The van der Waals surface area contributed by atoms with Crippen molar-refractivity contribution in [1.29, 1.82) is 0 Å². The van der Waals surface area contributed by atoms with Gasteiger partial charge in [-0.05, 0) is 44.8 Å². The van der Waals surface area contributed by atoms with Gasteiger partial charge in [-0.25, -0.2) is 14.7 Å². The van der Waals surface area contributed by atoms with Crippen LogP contribution in [0.1, 0.15) is 6.42 Å². The molecule has 0 saturated carbocycles. The van der Waals surface area contributed by atoms with E-state index in [4.69, 9.17) is 4.74 Å².